The van der Waals surface area contributed by atoms with E-state index in [1.165, 1.54) is 6.42 Å². The van der Waals surface area contributed by atoms with E-state index in [-0.39, 0.29) is 10.9 Å². The van der Waals surface area contributed by atoms with E-state index in [2.05, 4.69) is 31.0 Å². The third-order valence-corrected chi connectivity index (χ3v) is 5.66. The van der Waals surface area contributed by atoms with Crippen molar-refractivity contribution < 1.29 is 8.42 Å². The molecule has 2 N–H and O–H groups in total. The van der Waals surface area contributed by atoms with Crippen LogP contribution in [-0.4, -0.2) is 26.0 Å². The van der Waals surface area contributed by atoms with Crippen LogP contribution in [-0.2, 0) is 10.0 Å². The molecule has 0 aromatic carbocycles. The van der Waals surface area contributed by atoms with Crippen molar-refractivity contribution in [1.82, 2.24) is 9.71 Å². The molecule has 0 spiro atoms. The Labute approximate surface area is 128 Å². The van der Waals surface area contributed by atoms with E-state index in [4.69, 9.17) is 0 Å². The van der Waals surface area contributed by atoms with Gasteiger partial charge in [-0.2, -0.15) is 0 Å². The van der Waals surface area contributed by atoms with Gasteiger partial charge in [0.25, 0.3) is 0 Å². The van der Waals surface area contributed by atoms with Crippen molar-refractivity contribution in [2.24, 2.45) is 5.92 Å². The minimum atomic E-state index is -3.56. The van der Waals surface area contributed by atoms with Crippen LogP contribution < -0.4 is 10.0 Å². The summed E-state index contributed by atoms with van der Waals surface area (Å²) in [5.74, 6) is 0.844. The highest BCUT2D eigenvalue weighted by molar-refractivity contribution is 9.10. The van der Waals surface area contributed by atoms with Gasteiger partial charge < -0.3 is 5.32 Å². The van der Waals surface area contributed by atoms with Gasteiger partial charge in [0.05, 0.1) is 0 Å². The molecule has 0 bridgehead atoms. The maximum absolute atomic E-state index is 12.5. The molecule has 5 nitrogen and oxygen atoms in total. The molecule has 1 atom stereocenters. The number of rotatable bonds is 6. The molecule has 7 heteroatoms. The molecule has 1 aromatic heterocycles. The van der Waals surface area contributed by atoms with Gasteiger partial charge in [0, 0.05) is 23.3 Å². The van der Waals surface area contributed by atoms with Gasteiger partial charge in [-0.3, -0.25) is 0 Å². The van der Waals surface area contributed by atoms with E-state index >= 15 is 0 Å². The zero-order chi connectivity index (χ0) is 14.8. The standard InChI is InChI=1S/C13H20BrN3O2S/c1-3-15-13-12(7-11(14)8-16-13)20(18,19)17-9(2)10-5-4-6-10/h7-10,17H,3-6H2,1-2H3,(H,15,16). The smallest absolute Gasteiger partial charge is 0.244 e. The van der Waals surface area contributed by atoms with Crippen LogP contribution in [0.5, 0.6) is 0 Å². The number of pyridine rings is 1. The molecular formula is C13H20BrN3O2S. The van der Waals surface area contributed by atoms with Crippen molar-refractivity contribution in [3.05, 3.63) is 16.7 Å². The number of hydrogen-bond donors (Lipinski definition) is 2. The minimum Gasteiger partial charge on any atom is -0.369 e. The minimum absolute atomic E-state index is 0.0396. The molecule has 1 unspecified atom stereocenters. The average Bonchev–Trinajstić information content (AvgIpc) is 2.28. The lowest BCUT2D eigenvalue weighted by Crippen LogP contribution is -2.40. The number of hydrogen-bond acceptors (Lipinski definition) is 4. The van der Waals surface area contributed by atoms with Gasteiger partial charge in [-0.05, 0) is 54.6 Å². The van der Waals surface area contributed by atoms with E-state index in [1.54, 1.807) is 12.3 Å². The molecule has 0 aliphatic heterocycles. The summed E-state index contributed by atoms with van der Waals surface area (Å²) < 4.78 is 28.5. The lowest BCUT2D eigenvalue weighted by atomic mass is 9.81. The Morgan fingerprint density at radius 3 is 2.75 bits per heavy atom. The van der Waals surface area contributed by atoms with Crippen LogP contribution in [0, 0.1) is 5.92 Å². The second kappa shape index (κ2) is 6.41. The largest absolute Gasteiger partial charge is 0.369 e. The predicted molar refractivity (Wildman–Crippen MR) is 83.2 cm³/mol. The first-order valence-electron chi connectivity index (χ1n) is 6.85. The van der Waals surface area contributed by atoms with E-state index in [1.807, 2.05) is 13.8 Å². The molecule has 1 aromatic rings. The summed E-state index contributed by atoms with van der Waals surface area (Å²) >= 11 is 3.28. The zero-order valence-corrected chi connectivity index (χ0v) is 14.1. The quantitative estimate of drug-likeness (QED) is 0.816. The number of halogens is 1. The highest BCUT2D eigenvalue weighted by Crippen LogP contribution is 2.31. The van der Waals surface area contributed by atoms with Crippen LogP contribution in [0.1, 0.15) is 33.1 Å². The summed E-state index contributed by atoms with van der Waals surface area (Å²) in [4.78, 5) is 4.34. The van der Waals surface area contributed by atoms with Gasteiger partial charge in [-0.15, -0.1) is 0 Å². The molecule has 0 radical (unpaired) electrons. The molecule has 20 heavy (non-hydrogen) atoms. The maximum Gasteiger partial charge on any atom is 0.244 e. The monoisotopic (exact) mass is 361 g/mol. The highest BCUT2D eigenvalue weighted by atomic mass is 79.9. The van der Waals surface area contributed by atoms with Gasteiger partial charge in [-0.25, -0.2) is 18.1 Å². The van der Waals surface area contributed by atoms with Crippen LogP contribution in [0.3, 0.4) is 0 Å². The topological polar surface area (TPSA) is 71.1 Å². The molecular weight excluding hydrogens is 342 g/mol. The lowest BCUT2D eigenvalue weighted by molar-refractivity contribution is 0.260. The first kappa shape index (κ1) is 15.7. The van der Waals surface area contributed by atoms with Crippen molar-refractivity contribution in [1.29, 1.82) is 0 Å². The first-order valence-corrected chi connectivity index (χ1v) is 9.13. The Kier molecular flexibility index (Phi) is 5.04. The molecule has 1 fully saturated rings. The van der Waals surface area contributed by atoms with Crippen molar-refractivity contribution in [3.8, 4) is 0 Å². The molecule has 0 saturated heterocycles. The predicted octanol–water partition coefficient (Wildman–Crippen LogP) is 2.74. The molecule has 1 aliphatic rings. The number of anilines is 1. The average molecular weight is 362 g/mol. The molecule has 0 amide bonds. The van der Waals surface area contributed by atoms with Crippen molar-refractivity contribution in [3.63, 3.8) is 0 Å². The van der Waals surface area contributed by atoms with E-state index < -0.39 is 10.0 Å². The third kappa shape index (κ3) is 3.51. The fraction of sp³-hybridized carbons (Fsp3) is 0.615. The number of aromatic nitrogens is 1. The molecule has 1 heterocycles. The van der Waals surface area contributed by atoms with E-state index in [0.717, 1.165) is 12.8 Å². The Morgan fingerprint density at radius 2 is 2.20 bits per heavy atom. The Balaban J connectivity index is 2.25. The van der Waals surface area contributed by atoms with Gasteiger partial charge >= 0.3 is 0 Å². The van der Waals surface area contributed by atoms with Crippen LogP contribution >= 0.6 is 15.9 Å². The fourth-order valence-corrected chi connectivity index (χ4v) is 4.22. The third-order valence-electron chi connectivity index (χ3n) is 3.65. The van der Waals surface area contributed by atoms with Crippen molar-refractivity contribution >= 4 is 31.8 Å². The summed E-state index contributed by atoms with van der Waals surface area (Å²) in [7, 11) is -3.56. The van der Waals surface area contributed by atoms with Crippen LogP contribution in [0.15, 0.2) is 21.6 Å². The van der Waals surface area contributed by atoms with Crippen LogP contribution in [0.4, 0.5) is 5.82 Å². The molecule has 1 saturated carbocycles. The maximum atomic E-state index is 12.5. The van der Waals surface area contributed by atoms with E-state index in [0.29, 0.717) is 22.8 Å². The Hall–Kier alpha value is -0.660. The van der Waals surface area contributed by atoms with Gasteiger partial charge in [0.1, 0.15) is 10.7 Å². The summed E-state index contributed by atoms with van der Waals surface area (Å²) in [5, 5.41) is 2.99. The second-order valence-electron chi connectivity index (χ2n) is 5.13. The van der Waals surface area contributed by atoms with Crippen LogP contribution in [0.25, 0.3) is 0 Å². The Morgan fingerprint density at radius 1 is 1.50 bits per heavy atom. The number of nitrogens with zero attached hydrogens (tertiary/aromatic N) is 1. The van der Waals surface area contributed by atoms with Gasteiger partial charge in [0.2, 0.25) is 10.0 Å². The van der Waals surface area contributed by atoms with Crippen LogP contribution in [0.2, 0.25) is 0 Å². The second-order valence-corrected chi connectivity index (χ2v) is 7.73. The van der Waals surface area contributed by atoms with Gasteiger partial charge in [0.15, 0.2) is 0 Å². The normalized spacial score (nSPS) is 17.6. The van der Waals surface area contributed by atoms with Gasteiger partial charge in [-0.1, -0.05) is 6.42 Å². The summed E-state index contributed by atoms with van der Waals surface area (Å²) in [5.41, 5.74) is 0. The highest BCUT2D eigenvalue weighted by Gasteiger charge is 2.29. The first-order chi connectivity index (χ1) is 9.44. The summed E-state index contributed by atoms with van der Waals surface area (Å²) in [6, 6.07) is 1.54. The molecule has 1 aliphatic carbocycles. The fourth-order valence-electron chi connectivity index (χ4n) is 2.27. The molecule has 2 rings (SSSR count). The Bertz CT molecular complexity index is 573. The summed E-state index contributed by atoms with van der Waals surface area (Å²) in [6.45, 7) is 4.46. The summed E-state index contributed by atoms with van der Waals surface area (Å²) in [6.07, 6.45) is 4.98. The van der Waals surface area contributed by atoms with Crippen molar-refractivity contribution in [2.45, 2.75) is 44.0 Å². The number of nitrogens with one attached hydrogen (secondary N) is 2. The SMILES string of the molecule is CCNc1ncc(Br)cc1S(=O)(=O)NC(C)C1CCC1. The lowest BCUT2D eigenvalue weighted by Gasteiger charge is -2.31. The van der Waals surface area contributed by atoms with E-state index in [9.17, 15) is 8.42 Å². The molecule has 112 valence electrons. The number of sulfonamides is 1. The zero-order valence-electron chi connectivity index (χ0n) is 11.7. The van der Waals surface area contributed by atoms with Crippen molar-refractivity contribution in [2.75, 3.05) is 11.9 Å².